The van der Waals surface area contributed by atoms with E-state index in [1.807, 2.05) is 24.3 Å². The minimum Gasteiger partial charge on any atom is -0.496 e. The van der Waals surface area contributed by atoms with E-state index in [-0.39, 0.29) is 12.3 Å². The SMILES string of the molecule is COc1ccccc1CC(=O)Nc1ncc(N)cc1Br. The van der Waals surface area contributed by atoms with Gasteiger partial charge in [0, 0.05) is 5.56 Å². The quantitative estimate of drug-likeness (QED) is 0.900. The second-order valence-electron chi connectivity index (χ2n) is 4.14. The molecule has 2 aromatic rings. The number of amides is 1. The first-order valence-electron chi connectivity index (χ1n) is 5.93. The molecular weight excluding hydrogens is 322 g/mol. The van der Waals surface area contributed by atoms with Crippen LogP contribution in [0, 0.1) is 0 Å². The number of rotatable bonds is 4. The molecule has 104 valence electrons. The van der Waals surface area contributed by atoms with Gasteiger partial charge in [-0.1, -0.05) is 18.2 Å². The molecule has 1 heterocycles. The summed E-state index contributed by atoms with van der Waals surface area (Å²) in [7, 11) is 1.58. The number of benzene rings is 1. The van der Waals surface area contributed by atoms with Crippen LogP contribution in [0.15, 0.2) is 41.0 Å². The maximum absolute atomic E-state index is 12.0. The number of methoxy groups -OCH3 is 1. The molecule has 0 saturated heterocycles. The summed E-state index contributed by atoms with van der Waals surface area (Å²) >= 11 is 3.31. The third-order valence-electron chi connectivity index (χ3n) is 2.66. The van der Waals surface area contributed by atoms with Crippen molar-refractivity contribution >= 4 is 33.3 Å². The van der Waals surface area contributed by atoms with E-state index in [0.29, 0.717) is 21.7 Å². The van der Waals surface area contributed by atoms with Crippen LogP contribution < -0.4 is 15.8 Å². The molecule has 1 amide bonds. The van der Waals surface area contributed by atoms with Gasteiger partial charge in [0.05, 0.1) is 29.9 Å². The minimum atomic E-state index is -0.174. The summed E-state index contributed by atoms with van der Waals surface area (Å²) in [6, 6.07) is 9.08. The Kier molecular flexibility index (Phi) is 4.57. The van der Waals surface area contributed by atoms with Crippen molar-refractivity contribution in [2.45, 2.75) is 6.42 Å². The number of para-hydroxylation sites is 1. The van der Waals surface area contributed by atoms with E-state index in [1.165, 1.54) is 6.20 Å². The van der Waals surface area contributed by atoms with Crippen molar-refractivity contribution in [1.29, 1.82) is 0 Å². The highest BCUT2D eigenvalue weighted by Crippen LogP contribution is 2.23. The average molecular weight is 336 g/mol. The third-order valence-corrected chi connectivity index (χ3v) is 3.27. The molecular formula is C14H14BrN3O2. The topological polar surface area (TPSA) is 77.2 Å². The third kappa shape index (κ3) is 3.48. The van der Waals surface area contributed by atoms with Gasteiger partial charge in [-0.05, 0) is 28.1 Å². The van der Waals surface area contributed by atoms with E-state index in [9.17, 15) is 4.79 Å². The number of pyridine rings is 1. The Morgan fingerprint density at radius 2 is 2.20 bits per heavy atom. The summed E-state index contributed by atoms with van der Waals surface area (Å²) in [6.45, 7) is 0. The van der Waals surface area contributed by atoms with Gasteiger partial charge in [0.25, 0.3) is 0 Å². The fourth-order valence-corrected chi connectivity index (χ4v) is 2.21. The molecule has 1 aromatic heterocycles. The lowest BCUT2D eigenvalue weighted by Gasteiger charge is -2.09. The zero-order chi connectivity index (χ0) is 14.5. The number of halogens is 1. The number of anilines is 2. The molecule has 1 aromatic carbocycles. The van der Waals surface area contributed by atoms with Gasteiger partial charge in [-0.25, -0.2) is 4.98 Å². The van der Waals surface area contributed by atoms with Crippen molar-refractivity contribution < 1.29 is 9.53 Å². The standard InChI is InChI=1S/C14H14BrN3O2/c1-20-12-5-3-2-4-9(12)6-13(19)18-14-11(15)7-10(16)8-17-14/h2-5,7-8H,6,16H2,1H3,(H,17,18,19). The lowest BCUT2D eigenvalue weighted by Crippen LogP contribution is -2.16. The fraction of sp³-hybridized carbons (Fsp3) is 0.143. The highest BCUT2D eigenvalue weighted by molar-refractivity contribution is 9.10. The first-order chi connectivity index (χ1) is 9.60. The molecule has 0 fully saturated rings. The predicted octanol–water partition coefficient (Wildman–Crippen LogP) is 2.62. The van der Waals surface area contributed by atoms with Gasteiger partial charge in [-0.15, -0.1) is 0 Å². The molecule has 0 aliphatic rings. The van der Waals surface area contributed by atoms with Gasteiger partial charge in [0.1, 0.15) is 11.6 Å². The van der Waals surface area contributed by atoms with Gasteiger partial charge in [0.15, 0.2) is 0 Å². The Bertz CT molecular complexity index is 632. The smallest absolute Gasteiger partial charge is 0.230 e. The predicted molar refractivity (Wildman–Crippen MR) is 81.7 cm³/mol. The van der Waals surface area contributed by atoms with Crippen LogP contribution in [0.5, 0.6) is 5.75 Å². The molecule has 5 nitrogen and oxygen atoms in total. The molecule has 20 heavy (non-hydrogen) atoms. The number of nitrogens with zero attached hydrogens (tertiary/aromatic N) is 1. The molecule has 0 aliphatic carbocycles. The van der Waals surface area contributed by atoms with Crippen molar-refractivity contribution in [2.75, 3.05) is 18.2 Å². The fourth-order valence-electron chi connectivity index (χ4n) is 1.74. The van der Waals surface area contributed by atoms with Crippen LogP contribution in [0.3, 0.4) is 0 Å². The second-order valence-corrected chi connectivity index (χ2v) is 4.99. The zero-order valence-corrected chi connectivity index (χ0v) is 12.5. The highest BCUT2D eigenvalue weighted by atomic mass is 79.9. The van der Waals surface area contributed by atoms with Gasteiger partial charge >= 0.3 is 0 Å². The molecule has 0 atom stereocenters. The van der Waals surface area contributed by atoms with Crippen LogP contribution in [0.1, 0.15) is 5.56 Å². The molecule has 3 N–H and O–H groups in total. The molecule has 0 unspecified atom stereocenters. The maximum atomic E-state index is 12.0. The minimum absolute atomic E-state index is 0.174. The molecule has 2 rings (SSSR count). The Hall–Kier alpha value is -2.08. The largest absolute Gasteiger partial charge is 0.496 e. The molecule has 0 spiro atoms. The normalized spacial score (nSPS) is 10.1. The zero-order valence-electron chi connectivity index (χ0n) is 10.9. The summed E-state index contributed by atoms with van der Waals surface area (Å²) in [5, 5.41) is 2.73. The van der Waals surface area contributed by atoms with Crippen molar-refractivity contribution in [3.05, 3.63) is 46.6 Å². The van der Waals surface area contributed by atoms with Crippen molar-refractivity contribution in [3.63, 3.8) is 0 Å². The number of hydrogen-bond donors (Lipinski definition) is 2. The van der Waals surface area contributed by atoms with Crippen molar-refractivity contribution in [2.24, 2.45) is 0 Å². The Morgan fingerprint density at radius 3 is 2.90 bits per heavy atom. The summed E-state index contributed by atoms with van der Waals surface area (Å²) in [6.07, 6.45) is 1.70. The summed E-state index contributed by atoms with van der Waals surface area (Å²) in [5.41, 5.74) is 6.94. The molecule has 0 aliphatic heterocycles. The Morgan fingerprint density at radius 1 is 1.45 bits per heavy atom. The first kappa shape index (κ1) is 14.3. The van der Waals surface area contributed by atoms with Crippen LogP contribution in [0.4, 0.5) is 11.5 Å². The number of nitrogens with two attached hydrogens (primary N) is 1. The van der Waals surface area contributed by atoms with E-state index < -0.39 is 0 Å². The number of aromatic nitrogens is 1. The first-order valence-corrected chi connectivity index (χ1v) is 6.72. The van der Waals surface area contributed by atoms with Crippen LogP contribution >= 0.6 is 15.9 Å². The lowest BCUT2D eigenvalue weighted by molar-refractivity contribution is -0.115. The van der Waals surface area contributed by atoms with Crippen LogP contribution in [0.2, 0.25) is 0 Å². The van der Waals surface area contributed by atoms with E-state index in [1.54, 1.807) is 13.2 Å². The summed E-state index contributed by atoms with van der Waals surface area (Å²) in [5.74, 6) is 0.957. The van der Waals surface area contributed by atoms with Crippen molar-refractivity contribution in [1.82, 2.24) is 4.98 Å². The van der Waals surface area contributed by atoms with Gasteiger partial charge < -0.3 is 15.8 Å². The molecule has 0 bridgehead atoms. The van der Waals surface area contributed by atoms with Gasteiger partial charge in [-0.3, -0.25) is 4.79 Å². The summed E-state index contributed by atoms with van der Waals surface area (Å²) < 4.78 is 5.86. The number of ether oxygens (including phenoxy) is 1. The Balaban J connectivity index is 2.09. The number of carbonyl (C=O) groups excluding carboxylic acids is 1. The average Bonchev–Trinajstić information content (AvgIpc) is 2.42. The van der Waals surface area contributed by atoms with Gasteiger partial charge in [0.2, 0.25) is 5.91 Å². The van der Waals surface area contributed by atoms with E-state index in [2.05, 4.69) is 26.2 Å². The number of nitrogens with one attached hydrogen (secondary N) is 1. The lowest BCUT2D eigenvalue weighted by atomic mass is 10.1. The monoisotopic (exact) mass is 335 g/mol. The summed E-state index contributed by atoms with van der Waals surface area (Å²) in [4.78, 5) is 16.1. The molecule has 0 saturated carbocycles. The van der Waals surface area contributed by atoms with E-state index in [0.717, 1.165) is 5.56 Å². The second kappa shape index (κ2) is 6.38. The highest BCUT2D eigenvalue weighted by Gasteiger charge is 2.10. The number of hydrogen-bond acceptors (Lipinski definition) is 4. The van der Waals surface area contributed by atoms with Crippen molar-refractivity contribution in [3.8, 4) is 5.75 Å². The number of carbonyl (C=O) groups is 1. The molecule has 0 radical (unpaired) electrons. The Labute approximate surface area is 125 Å². The van der Waals surface area contributed by atoms with Crippen LogP contribution in [-0.4, -0.2) is 18.0 Å². The number of nitrogen functional groups attached to an aromatic ring is 1. The van der Waals surface area contributed by atoms with E-state index >= 15 is 0 Å². The van der Waals surface area contributed by atoms with Gasteiger partial charge in [-0.2, -0.15) is 0 Å². The van der Waals surface area contributed by atoms with E-state index in [4.69, 9.17) is 10.5 Å². The molecule has 6 heteroatoms. The van der Waals surface area contributed by atoms with Crippen LogP contribution in [-0.2, 0) is 11.2 Å². The maximum Gasteiger partial charge on any atom is 0.230 e. The van der Waals surface area contributed by atoms with Crippen LogP contribution in [0.25, 0.3) is 0 Å².